The smallest absolute Gasteiger partial charge is 0.338 e. The second kappa shape index (κ2) is 13.2. The number of rotatable bonds is 9. The standard InChI is InChI=1S/C36H29FN2O5S/c1-3-43-35(41)31-32(24-11-5-4-6-12-24)38-36-39(33(31)25-16-18-27(42-2)19-17-25)34(40)30(45-36)21-23-10-9-14-28(20-23)44-22-26-13-7-8-15-29(26)37/h4-21,33H,3,22H2,1-2H3/b30-21-/t33-/m1/s1. The van der Waals surface area contributed by atoms with Gasteiger partial charge in [-0.1, -0.05) is 84.1 Å². The molecule has 0 aliphatic carbocycles. The average molecular weight is 621 g/mol. The number of esters is 1. The average Bonchev–Trinajstić information content (AvgIpc) is 3.38. The van der Waals surface area contributed by atoms with E-state index >= 15 is 0 Å². The third kappa shape index (κ3) is 6.21. The van der Waals surface area contributed by atoms with Crippen LogP contribution in [-0.4, -0.2) is 24.3 Å². The van der Waals surface area contributed by atoms with Crippen molar-refractivity contribution >= 4 is 29.1 Å². The fourth-order valence-corrected chi connectivity index (χ4v) is 6.16. The van der Waals surface area contributed by atoms with Gasteiger partial charge in [0.15, 0.2) is 4.80 Å². The van der Waals surface area contributed by atoms with Gasteiger partial charge >= 0.3 is 5.97 Å². The predicted molar refractivity (Wildman–Crippen MR) is 171 cm³/mol. The van der Waals surface area contributed by atoms with Gasteiger partial charge in [0.2, 0.25) is 0 Å². The summed E-state index contributed by atoms with van der Waals surface area (Å²) in [5, 5.41) is 0. The summed E-state index contributed by atoms with van der Waals surface area (Å²) in [6.45, 7) is 1.98. The minimum atomic E-state index is -0.793. The van der Waals surface area contributed by atoms with Crippen molar-refractivity contribution in [3.63, 3.8) is 0 Å². The maximum absolute atomic E-state index is 14.1. The molecule has 0 amide bonds. The Balaban J connectivity index is 1.48. The molecule has 6 rings (SSSR count). The molecule has 1 aliphatic heterocycles. The van der Waals surface area contributed by atoms with E-state index in [1.165, 1.54) is 17.4 Å². The van der Waals surface area contributed by atoms with E-state index in [1.807, 2.05) is 54.6 Å². The van der Waals surface area contributed by atoms with Crippen LogP contribution in [0.2, 0.25) is 0 Å². The molecule has 226 valence electrons. The molecule has 0 radical (unpaired) electrons. The molecule has 0 spiro atoms. The highest BCUT2D eigenvalue weighted by Gasteiger charge is 2.35. The Kier molecular flexibility index (Phi) is 8.70. The largest absolute Gasteiger partial charge is 0.497 e. The van der Waals surface area contributed by atoms with Crippen molar-refractivity contribution in [3.8, 4) is 11.5 Å². The summed E-state index contributed by atoms with van der Waals surface area (Å²) in [7, 11) is 1.58. The van der Waals surface area contributed by atoms with Gasteiger partial charge < -0.3 is 14.2 Å². The number of thiazole rings is 1. The molecule has 45 heavy (non-hydrogen) atoms. The predicted octanol–water partition coefficient (Wildman–Crippen LogP) is 5.66. The topological polar surface area (TPSA) is 79.1 Å². The lowest BCUT2D eigenvalue weighted by Gasteiger charge is -2.26. The van der Waals surface area contributed by atoms with E-state index in [1.54, 1.807) is 67.1 Å². The summed E-state index contributed by atoms with van der Waals surface area (Å²) in [6, 6.07) is 29.6. The zero-order chi connectivity index (χ0) is 31.3. The molecule has 2 heterocycles. The van der Waals surface area contributed by atoms with Crippen molar-refractivity contribution in [2.75, 3.05) is 13.7 Å². The highest BCUT2D eigenvalue weighted by Crippen LogP contribution is 2.35. The summed E-state index contributed by atoms with van der Waals surface area (Å²) >= 11 is 1.23. The van der Waals surface area contributed by atoms with Crippen molar-refractivity contribution in [2.24, 2.45) is 4.99 Å². The molecule has 9 heteroatoms. The van der Waals surface area contributed by atoms with Crippen LogP contribution < -0.4 is 24.4 Å². The quantitative estimate of drug-likeness (QED) is 0.199. The minimum Gasteiger partial charge on any atom is -0.497 e. The van der Waals surface area contributed by atoms with Crippen LogP contribution in [0, 0.1) is 5.82 Å². The van der Waals surface area contributed by atoms with Gasteiger partial charge in [0.25, 0.3) is 5.56 Å². The van der Waals surface area contributed by atoms with Crippen LogP contribution >= 0.6 is 11.3 Å². The summed E-state index contributed by atoms with van der Waals surface area (Å²) in [5.41, 5.74) is 3.03. The second-order valence-corrected chi connectivity index (χ2v) is 11.2. The molecule has 1 aliphatic rings. The van der Waals surface area contributed by atoms with E-state index in [4.69, 9.17) is 19.2 Å². The SMILES string of the molecule is CCOC(=O)C1=C(c2ccccc2)N=c2s/c(=C\c3cccc(OCc4ccccc4F)c3)c(=O)n2[C@@H]1c1ccc(OC)cc1. The van der Waals surface area contributed by atoms with E-state index in [0.717, 1.165) is 11.1 Å². The Bertz CT molecular complexity index is 2070. The Morgan fingerprint density at radius 3 is 2.44 bits per heavy atom. The maximum atomic E-state index is 14.1. The number of carbonyl (C=O) groups is 1. The Hall–Kier alpha value is -5.28. The minimum absolute atomic E-state index is 0.0685. The number of hydrogen-bond donors (Lipinski definition) is 0. The van der Waals surface area contributed by atoms with Crippen molar-refractivity contribution in [1.29, 1.82) is 0 Å². The van der Waals surface area contributed by atoms with Crippen molar-refractivity contribution in [2.45, 2.75) is 19.6 Å². The van der Waals surface area contributed by atoms with Crippen LogP contribution in [0.5, 0.6) is 11.5 Å². The fourth-order valence-electron chi connectivity index (χ4n) is 5.16. The summed E-state index contributed by atoms with van der Waals surface area (Å²) in [6.07, 6.45) is 1.76. The number of hydrogen-bond acceptors (Lipinski definition) is 7. The van der Waals surface area contributed by atoms with Crippen molar-refractivity contribution in [3.05, 3.63) is 156 Å². The summed E-state index contributed by atoms with van der Waals surface area (Å²) in [5.74, 6) is 0.299. The molecule has 0 bridgehead atoms. The number of aromatic nitrogens is 1. The molecule has 1 aromatic heterocycles. The van der Waals surface area contributed by atoms with Gasteiger partial charge in [0.05, 0.1) is 35.6 Å². The summed E-state index contributed by atoms with van der Waals surface area (Å²) in [4.78, 5) is 33.1. The molecule has 7 nitrogen and oxygen atoms in total. The lowest BCUT2D eigenvalue weighted by molar-refractivity contribution is -0.138. The third-order valence-electron chi connectivity index (χ3n) is 7.31. The summed E-state index contributed by atoms with van der Waals surface area (Å²) < 4.78 is 32.8. The zero-order valence-corrected chi connectivity index (χ0v) is 25.4. The van der Waals surface area contributed by atoms with E-state index < -0.39 is 12.0 Å². The number of carbonyl (C=O) groups excluding carboxylic acids is 1. The van der Waals surface area contributed by atoms with Crippen LogP contribution in [0.15, 0.2) is 118 Å². The molecular weight excluding hydrogens is 591 g/mol. The number of benzene rings is 4. The normalized spacial score (nSPS) is 14.5. The Labute approximate surface area is 262 Å². The van der Waals surface area contributed by atoms with Crippen LogP contribution in [-0.2, 0) is 16.1 Å². The fraction of sp³-hybridized carbons (Fsp3) is 0.139. The molecule has 5 aromatic rings. The zero-order valence-electron chi connectivity index (χ0n) is 24.6. The maximum Gasteiger partial charge on any atom is 0.338 e. The van der Waals surface area contributed by atoms with Crippen LogP contribution in [0.25, 0.3) is 11.8 Å². The molecule has 0 N–H and O–H groups in total. The lowest BCUT2D eigenvalue weighted by Crippen LogP contribution is -2.40. The molecular formula is C36H29FN2O5S. The van der Waals surface area contributed by atoms with Gasteiger partial charge in [0.1, 0.15) is 23.9 Å². The third-order valence-corrected chi connectivity index (χ3v) is 8.30. The number of ether oxygens (including phenoxy) is 3. The number of methoxy groups -OCH3 is 1. The van der Waals surface area contributed by atoms with Gasteiger partial charge in [-0.25, -0.2) is 14.2 Å². The molecule has 0 saturated carbocycles. The van der Waals surface area contributed by atoms with Gasteiger partial charge in [-0.15, -0.1) is 0 Å². The van der Waals surface area contributed by atoms with Gasteiger partial charge in [-0.2, -0.15) is 0 Å². The van der Waals surface area contributed by atoms with Crippen molar-refractivity contribution in [1.82, 2.24) is 4.57 Å². The highest BCUT2D eigenvalue weighted by molar-refractivity contribution is 7.07. The van der Waals surface area contributed by atoms with E-state index in [2.05, 4.69) is 0 Å². The number of halogens is 1. The Morgan fingerprint density at radius 2 is 1.71 bits per heavy atom. The number of fused-ring (bicyclic) bond motifs is 1. The van der Waals surface area contributed by atoms with Crippen LogP contribution in [0.4, 0.5) is 4.39 Å². The first-order valence-electron chi connectivity index (χ1n) is 14.4. The van der Waals surface area contributed by atoms with E-state index in [9.17, 15) is 14.0 Å². The molecule has 1 atom stereocenters. The van der Waals surface area contributed by atoms with Gasteiger partial charge in [-0.3, -0.25) is 9.36 Å². The van der Waals surface area contributed by atoms with Gasteiger partial charge in [0, 0.05) is 11.1 Å². The van der Waals surface area contributed by atoms with Crippen molar-refractivity contribution < 1.29 is 23.4 Å². The first kappa shape index (κ1) is 29.8. The highest BCUT2D eigenvalue weighted by atomic mass is 32.1. The first-order chi connectivity index (χ1) is 22.0. The number of nitrogens with zero attached hydrogens (tertiary/aromatic N) is 2. The molecule has 4 aromatic carbocycles. The Morgan fingerprint density at radius 1 is 0.956 bits per heavy atom. The molecule has 0 unspecified atom stereocenters. The first-order valence-corrected chi connectivity index (χ1v) is 15.2. The monoisotopic (exact) mass is 620 g/mol. The van der Waals surface area contributed by atoms with E-state index in [-0.39, 0.29) is 30.2 Å². The lowest BCUT2D eigenvalue weighted by atomic mass is 9.93. The van der Waals surface area contributed by atoms with E-state index in [0.29, 0.717) is 37.7 Å². The van der Waals surface area contributed by atoms with Crippen LogP contribution in [0.3, 0.4) is 0 Å². The molecule has 0 fully saturated rings. The van der Waals surface area contributed by atoms with Gasteiger partial charge in [-0.05, 0) is 54.5 Å². The molecule has 0 saturated heterocycles. The second-order valence-electron chi connectivity index (χ2n) is 10.2. The van der Waals surface area contributed by atoms with Crippen LogP contribution in [0.1, 0.15) is 35.2 Å².